The molecule has 0 saturated heterocycles. The van der Waals surface area contributed by atoms with E-state index in [1.54, 1.807) is 11.9 Å². The molecule has 3 aromatic rings. The lowest BCUT2D eigenvalue weighted by atomic mass is 10.0. The van der Waals surface area contributed by atoms with Crippen LogP contribution in [0.25, 0.3) is 22.9 Å². The molecular weight excluding hydrogens is 351 g/mol. The van der Waals surface area contributed by atoms with Gasteiger partial charge in [0, 0.05) is 12.4 Å². The van der Waals surface area contributed by atoms with E-state index in [-0.39, 0.29) is 5.96 Å². The zero-order valence-corrected chi connectivity index (χ0v) is 14.5. The second-order valence-corrected chi connectivity index (χ2v) is 6.35. The van der Waals surface area contributed by atoms with E-state index < -0.39 is 11.7 Å². The van der Waals surface area contributed by atoms with Gasteiger partial charge in [0.15, 0.2) is 0 Å². The molecule has 0 saturated carbocycles. The molecule has 136 valence electrons. The summed E-state index contributed by atoms with van der Waals surface area (Å²) in [7, 11) is 1.79. The van der Waals surface area contributed by atoms with Crippen LogP contribution in [-0.2, 0) is 6.18 Å². The number of hydrogen-bond donors (Lipinski definition) is 1. The van der Waals surface area contributed by atoms with Crippen molar-refractivity contribution in [3.8, 4) is 0 Å². The van der Waals surface area contributed by atoms with Gasteiger partial charge in [0.05, 0.1) is 16.9 Å². The molecule has 0 atom stereocenters. The van der Waals surface area contributed by atoms with Crippen molar-refractivity contribution < 1.29 is 13.2 Å². The van der Waals surface area contributed by atoms with Crippen molar-refractivity contribution in [1.82, 2.24) is 0 Å². The van der Waals surface area contributed by atoms with Crippen molar-refractivity contribution in [3.05, 3.63) is 71.3 Å². The van der Waals surface area contributed by atoms with Gasteiger partial charge in [0.25, 0.3) is 0 Å². The summed E-state index contributed by atoms with van der Waals surface area (Å²) >= 11 is 0. The molecule has 0 heterocycles. The van der Waals surface area contributed by atoms with E-state index in [1.165, 1.54) is 12.1 Å². The second kappa shape index (κ2) is 6.16. The van der Waals surface area contributed by atoms with Gasteiger partial charge >= 0.3 is 6.18 Å². The van der Waals surface area contributed by atoms with E-state index in [0.29, 0.717) is 5.69 Å². The Morgan fingerprint density at radius 2 is 1.59 bits per heavy atom. The highest BCUT2D eigenvalue weighted by atomic mass is 19.4. The maximum atomic E-state index is 12.7. The summed E-state index contributed by atoms with van der Waals surface area (Å²) < 4.78 is 38.0. The molecule has 0 spiro atoms. The van der Waals surface area contributed by atoms with E-state index >= 15 is 0 Å². The minimum atomic E-state index is -4.37. The molecule has 27 heavy (non-hydrogen) atoms. The Balaban J connectivity index is 1.68. The summed E-state index contributed by atoms with van der Waals surface area (Å²) in [5.41, 5.74) is 8.95. The van der Waals surface area contributed by atoms with E-state index in [2.05, 4.69) is 23.2 Å². The molecule has 0 fully saturated rings. The number of rotatable bonds is 2. The minimum Gasteiger partial charge on any atom is -0.369 e. The van der Waals surface area contributed by atoms with Gasteiger partial charge in [-0.05, 0) is 46.8 Å². The summed E-state index contributed by atoms with van der Waals surface area (Å²) in [4.78, 5) is 6.00. The van der Waals surface area contributed by atoms with Crippen molar-refractivity contribution in [2.24, 2.45) is 10.7 Å². The van der Waals surface area contributed by atoms with Crippen LogP contribution in [-0.4, -0.2) is 13.0 Å². The zero-order chi connectivity index (χ0) is 19.2. The SMILES string of the molecule is CN(C(N)=Nc1ccc(C(F)(F)F)cc1)c1ccc2c3c(cccc13)C=C2. The fraction of sp³-hybridized carbons (Fsp3) is 0.0952. The Morgan fingerprint density at radius 3 is 2.26 bits per heavy atom. The number of aliphatic imine (C=N–C) groups is 1. The van der Waals surface area contributed by atoms with E-state index in [1.807, 2.05) is 24.3 Å². The Kier molecular flexibility index (Phi) is 3.91. The van der Waals surface area contributed by atoms with Crippen LogP contribution < -0.4 is 10.6 Å². The predicted octanol–water partition coefficient (Wildman–Crippen LogP) is 5.43. The molecule has 3 aromatic carbocycles. The van der Waals surface area contributed by atoms with Crippen LogP contribution in [0.4, 0.5) is 24.5 Å². The van der Waals surface area contributed by atoms with E-state index in [0.717, 1.165) is 39.7 Å². The van der Waals surface area contributed by atoms with Crippen LogP contribution in [0.1, 0.15) is 16.7 Å². The molecule has 0 aromatic heterocycles. The van der Waals surface area contributed by atoms with Gasteiger partial charge in [0.1, 0.15) is 0 Å². The lowest BCUT2D eigenvalue weighted by molar-refractivity contribution is -0.137. The fourth-order valence-electron chi connectivity index (χ4n) is 3.25. The summed E-state index contributed by atoms with van der Waals surface area (Å²) in [6.45, 7) is 0. The van der Waals surface area contributed by atoms with Gasteiger partial charge in [-0.3, -0.25) is 0 Å². The normalized spacial score (nSPS) is 13.4. The summed E-state index contributed by atoms with van der Waals surface area (Å²) in [5.74, 6) is 0.196. The van der Waals surface area contributed by atoms with Crippen LogP contribution in [0, 0.1) is 0 Å². The first-order valence-corrected chi connectivity index (χ1v) is 8.33. The minimum absolute atomic E-state index is 0.196. The quantitative estimate of drug-likeness (QED) is 0.379. The van der Waals surface area contributed by atoms with Crippen LogP contribution in [0.15, 0.2) is 59.6 Å². The predicted molar refractivity (Wildman–Crippen MR) is 104 cm³/mol. The largest absolute Gasteiger partial charge is 0.416 e. The number of alkyl halides is 3. The Hall–Kier alpha value is -3.28. The first kappa shape index (κ1) is 17.1. The van der Waals surface area contributed by atoms with E-state index in [4.69, 9.17) is 5.73 Å². The molecule has 6 heteroatoms. The average Bonchev–Trinajstić information content (AvgIpc) is 3.06. The highest BCUT2D eigenvalue weighted by Gasteiger charge is 2.29. The highest BCUT2D eigenvalue weighted by Crippen LogP contribution is 2.36. The molecule has 1 aliphatic carbocycles. The monoisotopic (exact) mass is 367 g/mol. The van der Waals surface area contributed by atoms with Crippen LogP contribution >= 0.6 is 0 Å². The van der Waals surface area contributed by atoms with Crippen molar-refractivity contribution in [2.45, 2.75) is 6.18 Å². The topological polar surface area (TPSA) is 41.6 Å². The summed E-state index contributed by atoms with van der Waals surface area (Å²) in [6, 6.07) is 14.6. The van der Waals surface area contributed by atoms with Gasteiger partial charge < -0.3 is 10.6 Å². The van der Waals surface area contributed by atoms with Crippen molar-refractivity contribution >= 4 is 40.3 Å². The number of halogens is 3. The van der Waals surface area contributed by atoms with Crippen molar-refractivity contribution in [2.75, 3.05) is 11.9 Å². The standard InChI is InChI=1S/C21H16F3N3/c1-27(20(25)26-16-10-8-15(9-11-16)21(22,23)24)18-12-7-14-6-5-13-3-2-4-17(18)19(13)14/h2-12H,1H3,(H2,25,26). The van der Waals surface area contributed by atoms with Gasteiger partial charge in [-0.25, -0.2) is 4.99 Å². The highest BCUT2D eigenvalue weighted by molar-refractivity contribution is 6.12. The van der Waals surface area contributed by atoms with Gasteiger partial charge in [-0.1, -0.05) is 36.4 Å². The maximum absolute atomic E-state index is 12.7. The molecule has 0 unspecified atom stereocenters. The molecule has 3 nitrogen and oxygen atoms in total. The number of hydrogen-bond acceptors (Lipinski definition) is 1. The third kappa shape index (κ3) is 3.03. The molecule has 0 radical (unpaired) electrons. The maximum Gasteiger partial charge on any atom is 0.416 e. The average molecular weight is 367 g/mol. The van der Waals surface area contributed by atoms with Crippen LogP contribution in [0.2, 0.25) is 0 Å². The summed E-state index contributed by atoms with van der Waals surface area (Å²) in [6.07, 6.45) is -0.231. The number of nitrogens with two attached hydrogens (primary N) is 1. The number of guanidine groups is 1. The summed E-state index contributed by atoms with van der Waals surface area (Å²) in [5, 5.41) is 2.20. The van der Waals surface area contributed by atoms with Gasteiger partial charge in [-0.15, -0.1) is 0 Å². The molecule has 0 aliphatic heterocycles. The Labute approximate surface area is 154 Å². The molecule has 1 aliphatic rings. The first-order chi connectivity index (χ1) is 12.8. The number of anilines is 1. The van der Waals surface area contributed by atoms with Gasteiger partial charge in [0.2, 0.25) is 5.96 Å². The van der Waals surface area contributed by atoms with Crippen LogP contribution in [0.5, 0.6) is 0 Å². The number of nitrogens with zero attached hydrogens (tertiary/aromatic N) is 2. The zero-order valence-electron chi connectivity index (χ0n) is 14.5. The second-order valence-electron chi connectivity index (χ2n) is 6.35. The Bertz CT molecular complexity index is 1070. The third-order valence-corrected chi connectivity index (χ3v) is 4.67. The van der Waals surface area contributed by atoms with E-state index in [9.17, 15) is 13.2 Å². The molecule has 2 N–H and O–H groups in total. The lowest BCUT2D eigenvalue weighted by Crippen LogP contribution is -2.33. The lowest BCUT2D eigenvalue weighted by Gasteiger charge is -2.21. The third-order valence-electron chi connectivity index (χ3n) is 4.67. The molecule has 0 amide bonds. The smallest absolute Gasteiger partial charge is 0.369 e. The Morgan fingerprint density at radius 1 is 0.926 bits per heavy atom. The molecular formula is C21H16F3N3. The van der Waals surface area contributed by atoms with Crippen LogP contribution in [0.3, 0.4) is 0 Å². The van der Waals surface area contributed by atoms with Crippen molar-refractivity contribution in [1.29, 1.82) is 0 Å². The number of benzene rings is 3. The molecule has 4 rings (SSSR count). The van der Waals surface area contributed by atoms with Gasteiger partial charge in [-0.2, -0.15) is 13.2 Å². The first-order valence-electron chi connectivity index (χ1n) is 8.33. The molecule has 0 bridgehead atoms. The van der Waals surface area contributed by atoms with Crippen molar-refractivity contribution in [3.63, 3.8) is 0 Å². The fourth-order valence-corrected chi connectivity index (χ4v) is 3.25.